The Morgan fingerprint density at radius 2 is 1.62 bits per heavy atom. The average molecular weight is 454 g/mol. The maximum absolute atomic E-state index is 13.3. The molecule has 4 N–H and O–H groups in total. The molecule has 0 unspecified atom stereocenters. The van der Waals surface area contributed by atoms with E-state index in [1.807, 2.05) is 25.1 Å². The first-order valence-electron chi connectivity index (χ1n) is 10.4. The van der Waals surface area contributed by atoms with E-state index in [0.717, 1.165) is 16.8 Å². The van der Waals surface area contributed by atoms with E-state index < -0.39 is 17.3 Å². The molecule has 9 heteroatoms. The molecule has 1 amide bonds. The van der Waals surface area contributed by atoms with E-state index in [0.29, 0.717) is 28.1 Å². The molecule has 5 rings (SSSR count). The molecular weight excluding hydrogens is 435 g/mol. The fourth-order valence-electron chi connectivity index (χ4n) is 4.09. The quantitative estimate of drug-likeness (QED) is 0.431. The minimum Gasteiger partial charge on any atom is -0.382 e. The lowest BCUT2D eigenvalue weighted by Crippen LogP contribution is -2.29. The van der Waals surface area contributed by atoms with Gasteiger partial charge in [-0.3, -0.25) is 14.2 Å². The number of nitrogens with zero attached hydrogens (tertiary/aromatic N) is 4. The van der Waals surface area contributed by atoms with Crippen LogP contribution < -0.4 is 17.0 Å². The van der Waals surface area contributed by atoms with Gasteiger partial charge in [-0.05, 0) is 54.4 Å². The van der Waals surface area contributed by atoms with Crippen LogP contribution in [0.3, 0.4) is 0 Å². The van der Waals surface area contributed by atoms with E-state index in [9.17, 15) is 14.0 Å². The topological polar surface area (TPSA) is 121 Å². The number of anilines is 1. The molecule has 0 fully saturated rings. The number of amides is 1. The van der Waals surface area contributed by atoms with Gasteiger partial charge in [0.05, 0.1) is 0 Å². The van der Waals surface area contributed by atoms with Gasteiger partial charge >= 0.3 is 0 Å². The third-order valence-electron chi connectivity index (χ3n) is 5.71. The molecule has 34 heavy (non-hydrogen) atoms. The van der Waals surface area contributed by atoms with Crippen LogP contribution in [-0.4, -0.2) is 25.1 Å². The molecule has 0 saturated heterocycles. The van der Waals surface area contributed by atoms with E-state index in [1.54, 1.807) is 22.7 Å². The smallest absolute Gasteiger partial charge is 0.268 e. The average Bonchev–Trinajstić information content (AvgIpc) is 3.17. The molecule has 0 atom stereocenters. The molecule has 0 radical (unpaired) electrons. The number of pyridine rings is 1. The summed E-state index contributed by atoms with van der Waals surface area (Å²) in [6.45, 7) is 1.92. The molecule has 3 heterocycles. The lowest BCUT2D eigenvalue weighted by atomic mass is 9.98. The molecule has 2 aromatic carbocycles. The Balaban J connectivity index is 1.60. The van der Waals surface area contributed by atoms with Gasteiger partial charge in [0.15, 0.2) is 5.82 Å². The Bertz CT molecular complexity index is 1620. The summed E-state index contributed by atoms with van der Waals surface area (Å²) < 4.78 is 16.3. The van der Waals surface area contributed by atoms with Crippen molar-refractivity contribution >= 4 is 17.2 Å². The highest BCUT2D eigenvalue weighted by molar-refractivity contribution is 5.99. The first-order chi connectivity index (χ1) is 16.3. The van der Waals surface area contributed by atoms with Gasteiger partial charge in [-0.2, -0.15) is 5.10 Å². The molecule has 5 aromatic rings. The number of carbonyl (C=O) groups excluding carboxylic acids is 1. The molecular formula is C25H19FN6O2. The standard InChI is InChI=1S/C25H19FN6O2/c1-14-12-20(22-23(27)29-13-30-32(14)22)16-4-2-15(3-5-16)19-10-11-31(25(34)21(19)24(28)33)18-8-6-17(26)7-9-18/h2-13H,1H3,(H2,28,33)(H2,27,29,30). The normalized spacial score (nSPS) is 11.1. The van der Waals surface area contributed by atoms with Crippen molar-refractivity contribution in [3.63, 3.8) is 0 Å². The highest BCUT2D eigenvalue weighted by atomic mass is 19.1. The summed E-state index contributed by atoms with van der Waals surface area (Å²) in [6.07, 6.45) is 2.94. The largest absolute Gasteiger partial charge is 0.382 e. The highest BCUT2D eigenvalue weighted by Gasteiger charge is 2.18. The van der Waals surface area contributed by atoms with Crippen molar-refractivity contribution in [2.45, 2.75) is 6.92 Å². The van der Waals surface area contributed by atoms with Crippen LogP contribution >= 0.6 is 0 Å². The minimum atomic E-state index is -0.848. The molecule has 0 aliphatic rings. The van der Waals surface area contributed by atoms with Gasteiger partial charge in [0.25, 0.3) is 11.5 Å². The molecule has 0 aliphatic carbocycles. The minimum absolute atomic E-state index is 0.151. The SMILES string of the molecule is Cc1cc(-c2ccc(-c3ccn(-c4ccc(F)cc4)c(=O)c3C(N)=O)cc2)c2c(N)ncnn12. The zero-order chi connectivity index (χ0) is 24.0. The van der Waals surface area contributed by atoms with Gasteiger partial charge in [-0.15, -0.1) is 0 Å². The number of nitrogen functional groups attached to an aromatic ring is 1. The Labute approximate surface area is 192 Å². The number of nitrogens with two attached hydrogens (primary N) is 2. The van der Waals surface area contributed by atoms with Crippen molar-refractivity contribution in [3.05, 3.63) is 101 Å². The Morgan fingerprint density at radius 1 is 0.971 bits per heavy atom. The van der Waals surface area contributed by atoms with Gasteiger partial charge in [0.1, 0.15) is 23.2 Å². The summed E-state index contributed by atoms with van der Waals surface area (Å²) >= 11 is 0. The van der Waals surface area contributed by atoms with Crippen LogP contribution in [0.5, 0.6) is 0 Å². The van der Waals surface area contributed by atoms with Crippen LogP contribution in [-0.2, 0) is 0 Å². The molecule has 168 valence electrons. The van der Waals surface area contributed by atoms with Gasteiger partial charge < -0.3 is 11.5 Å². The van der Waals surface area contributed by atoms with Crippen LogP contribution in [0, 0.1) is 12.7 Å². The van der Waals surface area contributed by atoms with E-state index in [1.165, 1.54) is 41.4 Å². The van der Waals surface area contributed by atoms with Crippen molar-refractivity contribution < 1.29 is 9.18 Å². The number of carbonyl (C=O) groups is 1. The van der Waals surface area contributed by atoms with Gasteiger partial charge in [0, 0.05) is 28.7 Å². The monoisotopic (exact) mass is 454 g/mol. The number of hydrogen-bond acceptors (Lipinski definition) is 5. The van der Waals surface area contributed by atoms with Gasteiger partial charge in [-0.1, -0.05) is 24.3 Å². The predicted molar refractivity (Wildman–Crippen MR) is 127 cm³/mol. The Hall–Kier alpha value is -4.79. The summed E-state index contributed by atoms with van der Waals surface area (Å²) in [5.41, 5.74) is 15.8. The fourth-order valence-corrected chi connectivity index (χ4v) is 4.09. The van der Waals surface area contributed by atoms with Crippen molar-refractivity contribution in [2.24, 2.45) is 5.73 Å². The van der Waals surface area contributed by atoms with Crippen molar-refractivity contribution in [3.8, 4) is 27.9 Å². The van der Waals surface area contributed by atoms with E-state index in [-0.39, 0.29) is 5.56 Å². The van der Waals surface area contributed by atoms with E-state index in [2.05, 4.69) is 10.1 Å². The number of primary amides is 1. The van der Waals surface area contributed by atoms with Gasteiger partial charge in [0.2, 0.25) is 0 Å². The zero-order valence-electron chi connectivity index (χ0n) is 18.1. The number of aromatic nitrogens is 4. The summed E-state index contributed by atoms with van der Waals surface area (Å²) in [5, 5.41) is 4.25. The van der Waals surface area contributed by atoms with Crippen LogP contribution in [0.4, 0.5) is 10.2 Å². The summed E-state index contributed by atoms with van der Waals surface area (Å²) in [5.74, 6) is -0.912. The predicted octanol–water partition coefficient (Wildman–Crippen LogP) is 3.34. The van der Waals surface area contributed by atoms with Crippen LogP contribution in [0.1, 0.15) is 16.1 Å². The maximum atomic E-state index is 13.3. The number of rotatable bonds is 4. The first-order valence-corrected chi connectivity index (χ1v) is 10.4. The molecule has 8 nitrogen and oxygen atoms in total. The second kappa shape index (κ2) is 7.96. The highest BCUT2D eigenvalue weighted by Crippen LogP contribution is 2.32. The molecule has 0 spiro atoms. The Kier molecular flexibility index (Phi) is 4.94. The number of fused-ring (bicyclic) bond motifs is 1. The first kappa shape index (κ1) is 21.1. The van der Waals surface area contributed by atoms with Crippen molar-refractivity contribution in [2.75, 3.05) is 5.73 Å². The number of aryl methyl sites for hydroxylation is 1. The lowest BCUT2D eigenvalue weighted by molar-refractivity contribution is 0.0999. The maximum Gasteiger partial charge on any atom is 0.268 e. The van der Waals surface area contributed by atoms with Crippen molar-refractivity contribution in [1.82, 2.24) is 19.2 Å². The second-order valence-corrected chi connectivity index (χ2v) is 7.80. The fraction of sp³-hybridized carbons (Fsp3) is 0.0400. The third-order valence-corrected chi connectivity index (χ3v) is 5.71. The van der Waals surface area contributed by atoms with Gasteiger partial charge in [-0.25, -0.2) is 13.9 Å². The Morgan fingerprint density at radius 3 is 2.26 bits per heavy atom. The summed E-state index contributed by atoms with van der Waals surface area (Å²) in [7, 11) is 0. The van der Waals surface area contributed by atoms with Crippen LogP contribution in [0.15, 0.2) is 78.0 Å². The molecule has 0 saturated carbocycles. The summed E-state index contributed by atoms with van der Waals surface area (Å²) in [4.78, 5) is 29.4. The van der Waals surface area contributed by atoms with E-state index in [4.69, 9.17) is 11.5 Å². The molecule has 0 bridgehead atoms. The number of hydrogen-bond donors (Lipinski definition) is 2. The molecule has 0 aliphatic heterocycles. The lowest BCUT2D eigenvalue weighted by Gasteiger charge is -2.12. The zero-order valence-corrected chi connectivity index (χ0v) is 18.1. The van der Waals surface area contributed by atoms with Crippen LogP contribution in [0.25, 0.3) is 33.5 Å². The number of benzene rings is 2. The van der Waals surface area contributed by atoms with Crippen LogP contribution in [0.2, 0.25) is 0 Å². The third kappa shape index (κ3) is 3.39. The number of halogens is 1. The van der Waals surface area contributed by atoms with E-state index >= 15 is 0 Å². The summed E-state index contributed by atoms with van der Waals surface area (Å²) in [6, 6.07) is 16.3. The van der Waals surface area contributed by atoms with Crippen molar-refractivity contribution in [1.29, 1.82) is 0 Å². The second-order valence-electron chi connectivity index (χ2n) is 7.80. The molecule has 3 aromatic heterocycles.